The molecule has 0 bridgehead atoms. The molecule has 3 aromatic rings. The molecule has 1 heterocycles. The lowest BCUT2D eigenvalue weighted by molar-refractivity contribution is 0.289. The van der Waals surface area contributed by atoms with Gasteiger partial charge < -0.3 is 4.74 Å². The second-order valence-corrected chi connectivity index (χ2v) is 5.16. The molecule has 2 nitrogen and oxygen atoms in total. The van der Waals surface area contributed by atoms with Crippen molar-refractivity contribution in [3.63, 3.8) is 0 Å². The largest absolute Gasteiger partial charge is 0.486 e. The fourth-order valence-corrected chi connectivity index (χ4v) is 2.33. The molecule has 0 radical (unpaired) electrons. The number of rotatable bonds is 3. The van der Waals surface area contributed by atoms with Crippen LogP contribution < -0.4 is 4.74 Å². The second kappa shape index (κ2) is 5.70. The van der Waals surface area contributed by atoms with E-state index in [-0.39, 0.29) is 18.2 Å². The average molecular weight is 302 g/mol. The highest BCUT2D eigenvalue weighted by Gasteiger charge is 2.09. The number of aromatic nitrogens is 1. The molecule has 0 spiro atoms. The molecule has 0 aliphatic rings. The monoisotopic (exact) mass is 301 g/mol. The van der Waals surface area contributed by atoms with Crippen LogP contribution in [0, 0.1) is 12.7 Å². The number of hydrogen-bond donors (Lipinski definition) is 0. The van der Waals surface area contributed by atoms with Crippen LogP contribution >= 0.6 is 11.6 Å². The summed E-state index contributed by atoms with van der Waals surface area (Å²) >= 11 is 6.16. The number of benzene rings is 2. The zero-order valence-electron chi connectivity index (χ0n) is 11.4. The van der Waals surface area contributed by atoms with Crippen molar-refractivity contribution in [2.75, 3.05) is 0 Å². The minimum absolute atomic E-state index is 0.178. The molecule has 0 amide bonds. The summed E-state index contributed by atoms with van der Waals surface area (Å²) in [6.07, 6.45) is 0. The van der Waals surface area contributed by atoms with Crippen LogP contribution in [0.25, 0.3) is 10.9 Å². The summed E-state index contributed by atoms with van der Waals surface area (Å²) in [7, 11) is 0. The van der Waals surface area contributed by atoms with Crippen LogP contribution in [0.15, 0.2) is 48.5 Å². The van der Waals surface area contributed by atoms with Gasteiger partial charge >= 0.3 is 0 Å². The van der Waals surface area contributed by atoms with Gasteiger partial charge in [-0.1, -0.05) is 41.9 Å². The third-order valence-electron chi connectivity index (χ3n) is 3.29. The summed E-state index contributed by atoms with van der Waals surface area (Å²) in [5, 5.41) is 1.35. The molecule has 2 aromatic carbocycles. The Morgan fingerprint density at radius 1 is 1.14 bits per heavy atom. The van der Waals surface area contributed by atoms with Gasteiger partial charge in [0.05, 0.1) is 5.52 Å². The maximum Gasteiger partial charge on any atom is 0.167 e. The van der Waals surface area contributed by atoms with E-state index < -0.39 is 0 Å². The third kappa shape index (κ3) is 2.83. The lowest BCUT2D eigenvalue weighted by Crippen LogP contribution is -2.00. The van der Waals surface area contributed by atoms with E-state index in [0.717, 1.165) is 16.5 Å². The fourth-order valence-electron chi connectivity index (χ4n) is 2.12. The van der Waals surface area contributed by atoms with Gasteiger partial charge in [0.1, 0.15) is 11.8 Å². The molecule has 0 fully saturated rings. The second-order valence-electron chi connectivity index (χ2n) is 4.81. The van der Waals surface area contributed by atoms with E-state index in [9.17, 15) is 4.39 Å². The van der Waals surface area contributed by atoms with E-state index in [2.05, 4.69) is 4.98 Å². The molecule has 1 aromatic heterocycles. The zero-order chi connectivity index (χ0) is 14.8. The first kappa shape index (κ1) is 13.8. The predicted octanol–water partition coefficient (Wildman–Crippen LogP) is 4.91. The zero-order valence-corrected chi connectivity index (χ0v) is 12.2. The first-order valence-electron chi connectivity index (χ1n) is 6.57. The van der Waals surface area contributed by atoms with E-state index in [1.54, 1.807) is 25.1 Å². The topological polar surface area (TPSA) is 22.1 Å². The van der Waals surface area contributed by atoms with Crippen molar-refractivity contribution in [3.8, 4) is 5.75 Å². The lowest BCUT2D eigenvalue weighted by atomic mass is 10.1. The smallest absolute Gasteiger partial charge is 0.167 e. The Hall–Kier alpha value is -2.13. The number of para-hydroxylation sites is 1. The Bertz CT molecular complexity index is 804. The minimum atomic E-state index is -0.345. The number of aryl methyl sites for hydroxylation is 1. The van der Waals surface area contributed by atoms with Crippen LogP contribution in [0.4, 0.5) is 4.39 Å². The molecule has 0 saturated heterocycles. The maximum atomic E-state index is 13.9. The van der Waals surface area contributed by atoms with Crippen molar-refractivity contribution in [2.45, 2.75) is 13.5 Å². The molecule has 0 saturated carbocycles. The van der Waals surface area contributed by atoms with Gasteiger partial charge in [0, 0.05) is 10.9 Å². The Labute approximate surface area is 127 Å². The number of hydrogen-bond acceptors (Lipinski definition) is 2. The first-order chi connectivity index (χ1) is 10.1. The van der Waals surface area contributed by atoms with E-state index in [4.69, 9.17) is 16.3 Å². The maximum absolute atomic E-state index is 13.9. The highest BCUT2D eigenvalue weighted by atomic mass is 35.5. The summed E-state index contributed by atoms with van der Waals surface area (Å²) in [5.41, 5.74) is 2.11. The van der Waals surface area contributed by atoms with E-state index in [1.807, 2.05) is 30.3 Å². The molecule has 106 valence electrons. The standard InChI is InChI=1S/C17H13ClFNO/c1-11-5-4-8-15(16(11)19)21-10-13-9-12-6-2-3-7-14(12)20-17(13)18/h2-9H,10H2,1H3. The SMILES string of the molecule is Cc1cccc(OCc2cc3ccccc3nc2Cl)c1F. The summed E-state index contributed by atoms with van der Waals surface area (Å²) in [6, 6.07) is 14.7. The number of fused-ring (bicyclic) bond motifs is 1. The van der Waals surface area contributed by atoms with Gasteiger partial charge in [0.2, 0.25) is 0 Å². The highest BCUT2D eigenvalue weighted by molar-refractivity contribution is 6.30. The molecule has 21 heavy (non-hydrogen) atoms. The van der Waals surface area contributed by atoms with Gasteiger partial charge in [-0.15, -0.1) is 0 Å². The molecule has 3 rings (SSSR count). The van der Waals surface area contributed by atoms with E-state index in [1.165, 1.54) is 0 Å². The highest BCUT2D eigenvalue weighted by Crippen LogP contribution is 2.24. The van der Waals surface area contributed by atoms with E-state index in [0.29, 0.717) is 10.7 Å². The Balaban J connectivity index is 1.88. The van der Waals surface area contributed by atoms with Gasteiger partial charge in [-0.2, -0.15) is 0 Å². The van der Waals surface area contributed by atoms with Crippen molar-refractivity contribution >= 4 is 22.5 Å². The van der Waals surface area contributed by atoms with Gasteiger partial charge in [0.25, 0.3) is 0 Å². The average Bonchev–Trinajstić information content (AvgIpc) is 2.49. The van der Waals surface area contributed by atoms with Crippen LogP contribution in [-0.4, -0.2) is 4.98 Å². The molecule has 0 atom stereocenters. The number of pyridine rings is 1. The van der Waals surface area contributed by atoms with Crippen molar-refractivity contribution in [1.82, 2.24) is 4.98 Å². The van der Waals surface area contributed by atoms with Crippen LogP contribution in [0.5, 0.6) is 5.75 Å². The molecular weight excluding hydrogens is 289 g/mol. The van der Waals surface area contributed by atoms with Crippen molar-refractivity contribution in [1.29, 1.82) is 0 Å². The third-order valence-corrected chi connectivity index (χ3v) is 3.62. The van der Waals surface area contributed by atoms with Gasteiger partial charge in [-0.3, -0.25) is 0 Å². The van der Waals surface area contributed by atoms with Crippen molar-refractivity contribution in [3.05, 3.63) is 70.6 Å². The Kier molecular flexibility index (Phi) is 3.76. The van der Waals surface area contributed by atoms with Gasteiger partial charge in [0.15, 0.2) is 11.6 Å². The normalized spacial score (nSPS) is 10.8. The summed E-state index contributed by atoms with van der Waals surface area (Å²) in [4.78, 5) is 4.32. The first-order valence-corrected chi connectivity index (χ1v) is 6.95. The molecule has 0 unspecified atom stereocenters. The Morgan fingerprint density at radius 3 is 2.81 bits per heavy atom. The number of nitrogens with zero attached hydrogens (tertiary/aromatic N) is 1. The molecule has 4 heteroatoms. The fraction of sp³-hybridized carbons (Fsp3) is 0.118. The lowest BCUT2D eigenvalue weighted by Gasteiger charge is -2.10. The van der Waals surface area contributed by atoms with Crippen LogP contribution in [-0.2, 0) is 6.61 Å². The van der Waals surface area contributed by atoms with E-state index >= 15 is 0 Å². The summed E-state index contributed by atoms with van der Waals surface area (Å²) in [6.45, 7) is 1.88. The summed E-state index contributed by atoms with van der Waals surface area (Å²) < 4.78 is 19.4. The number of ether oxygens (including phenoxy) is 1. The predicted molar refractivity (Wildman–Crippen MR) is 82.2 cm³/mol. The van der Waals surface area contributed by atoms with Crippen LogP contribution in [0.2, 0.25) is 5.15 Å². The molecular formula is C17H13ClFNO. The Morgan fingerprint density at radius 2 is 1.95 bits per heavy atom. The van der Waals surface area contributed by atoms with Crippen molar-refractivity contribution < 1.29 is 9.13 Å². The van der Waals surface area contributed by atoms with Crippen molar-refractivity contribution in [2.24, 2.45) is 0 Å². The minimum Gasteiger partial charge on any atom is -0.486 e. The quantitative estimate of drug-likeness (QED) is 0.641. The molecule has 0 N–H and O–H groups in total. The van der Waals surface area contributed by atoms with Gasteiger partial charge in [-0.25, -0.2) is 9.37 Å². The molecule has 0 aliphatic heterocycles. The van der Waals surface area contributed by atoms with Crippen LogP contribution in [0.1, 0.15) is 11.1 Å². The number of halogens is 2. The van der Waals surface area contributed by atoms with Crippen LogP contribution in [0.3, 0.4) is 0 Å². The molecule has 0 aliphatic carbocycles. The summed E-state index contributed by atoms with van der Waals surface area (Å²) in [5.74, 6) is -0.124. The van der Waals surface area contributed by atoms with Gasteiger partial charge in [-0.05, 0) is 30.7 Å².